The molecule has 7 heteroatoms. The number of sulfonamides is 1. The maximum absolute atomic E-state index is 12.7. The number of rotatable bonds is 3. The molecule has 3 rings (SSSR count). The Morgan fingerprint density at radius 3 is 2.62 bits per heavy atom. The van der Waals surface area contributed by atoms with Gasteiger partial charge >= 0.3 is 5.97 Å². The average Bonchev–Trinajstić information content (AvgIpc) is 2.77. The molecule has 0 radical (unpaired) electrons. The molecule has 0 bridgehead atoms. The highest BCUT2D eigenvalue weighted by atomic mass is 32.2. The fourth-order valence-electron chi connectivity index (χ4n) is 2.94. The molecular weight excluding hydrogens is 292 g/mol. The number of anilines is 1. The molecule has 1 saturated heterocycles. The van der Waals surface area contributed by atoms with Gasteiger partial charge in [-0.2, -0.15) is 4.31 Å². The fraction of sp³-hybridized carbons (Fsp3) is 0.500. The highest BCUT2D eigenvalue weighted by Crippen LogP contribution is 2.38. The molecule has 6 nitrogen and oxygen atoms in total. The molecule has 21 heavy (non-hydrogen) atoms. The number of benzene rings is 1. The van der Waals surface area contributed by atoms with E-state index in [1.807, 2.05) is 18.0 Å². The molecule has 0 spiro atoms. The van der Waals surface area contributed by atoms with Crippen LogP contribution in [0, 0.1) is 0 Å². The second kappa shape index (κ2) is 4.45. The van der Waals surface area contributed by atoms with Gasteiger partial charge in [-0.1, -0.05) is 6.07 Å². The van der Waals surface area contributed by atoms with Crippen LogP contribution in [-0.2, 0) is 21.2 Å². The SMILES string of the molecule is CN1CCc2ccc(S(=O)(=O)N3CCC3(C)C(=O)O)cc21. The third-order valence-corrected chi connectivity index (χ3v) is 6.60. The number of carbonyl (C=O) groups is 1. The Morgan fingerprint density at radius 2 is 2.05 bits per heavy atom. The van der Waals surface area contributed by atoms with Gasteiger partial charge in [0.1, 0.15) is 5.54 Å². The van der Waals surface area contributed by atoms with Crippen LogP contribution in [0.2, 0.25) is 0 Å². The number of carboxylic acid groups (broad SMARTS) is 1. The molecule has 0 saturated carbocycles. The van der Waals surface area contributed by atoms with Crippen molar-refractivity contribution in [2.24, 2.45) is 0 Å². The molecular formula is C14H18N2O4S. The van der Waals surface area contributed by atoms with E-state index in [1.54, 1.807) is 12.1 Å². The van der Waals surface area contributed by atoms with Crippen LogP contribution < -0.4 is 4.90 Å². The molecule has 1 N–H and O–H groups in total. The van der Waals surface area contributed by atoms with Crippen molar-refractivity contribution in [2.75, 3.05) is 25.0 Å². The monoisotopic (exact) mass is 310 g/mol. The van der Waals surface area contributed by atoms with Gasteiger partial charge in [-0.3, -0.25) is 4.79 Å². The smallest absolute Gasteiger partial charge is 0.324 e. The number of nitrogens with zero attached hydrogens (tertiary/aromatic N) is 2. The standard InChI is InChI=1S/C14H18N2O4S/c1-14(13(17)18)6-8-16(14)21(19,20)11-4-3-10-5-7-15(2)12(10)9-11/h3-4,9H,5-8H2,1-2H3,(H,17,18). The third-order valence-electron chi connectivity index (χ3n) is 4.59. The molecule has 1 fully saturated rings. The lowest BCUT2D eigenvalue weighted by atomic mass is 9.90. The summed E-state index contributed by atoms with van der Waals surface area (Å²) in [5.41, 5.74) is 0.707. The molecule has 2 aliphatic rings. The van der Waals surface area contributed by atoms with Gasteiger partial charge in [-0.15, -0.1) is 0 Å². The number of likely N-dealkylation sites (N-methyl/N-ethyl adjacent to an activating group) is 1. The summed E-state index contributed by atoms with van der Waals surface area (Å²) in [5, 5.41) is 9.26. The molecule has 2 heterocycles. The van der Waals surface area contributed by atoms with Crippen molar-refractivity contribution in [3.63, 3.8) is 0 Å². The zero-order chi connectivity index (χ0) is 15.4. The Labute approximate surface area is 124 Å². The second-order valence-corrected chi connectivity index (χ2v) is 7.73. The Morgan fingerprint density at radius 1 is 1.33 bits per heavy atom. The number of fused-ring (bicyclic) bond motifs is 1. The van der Waals surface area contributed by atoms with E-state index in [9.17, 15) is 18.3 Å². The lowest BCUT2D eigenvalue weighted by molar-refractivity contribution is -0.153. The van der Waals surface area contributed by atoms with Crippen molar-refractivity contribution in [2.45, 2.75) is 30.2 Å². The van der Waals surface area contributed by atoms with Crippen molar-refractivity contribution in [3.8, 4) is 0 Å². The molecule has 114 valence electrons. The summed E-state index contributed by atoms with van der Waals surface area (Å²) in [4.78, 5) is 13.5. The first-order valence-corrected chi connectivity index (χ1v) is 8.31. The first kappa shape index (κ1) is 14.3. The van der Waals surface area contributed by atoms with Gasteiger partial charge in [-0.05, 0) is 37.5 Å². The predicted octanol–water partition coefficient (Wildman–Crippen LogP) is 0.917. The Bertz CT molecular complexity index is 716. The molecule has 1 unspecified atom stereocenters. The molecule has 1 atom stereocenters. The zero-order valence-electron chi connectivity index (χ0n) is 12.0. The summed E-state index contributed by atoms with van der Waals surface area (Å²) in [6.45, 7) is 2.57. The molecule has 0 amide bonds. The lowest BCUT2D eigenvalue weighted by Crippen LogP contribution is -2.64. The molecule has 0 aliphatic carbocycles. The van der Waals surface area contributed by atoms with Gasteiger partial charge < -0.3 is 10.0 Å². The number of aliphatic carboxylic acids is 1. The van der Waals surface area contributed by atoms with E-state index in [4.69, 9.17) is 0 Å². The number of hydrogen-bond donors (Lipinski definition) is 1. The van der Waals surface area contributed by atoms with Crippen molar-refractivity contribution in [3.05, 3.63) is 23.8 Å². The maximum Gasteiger partial charge on any atom is 0.324 e. The van der Waals surface area contributed by atoms with E-state index in [0.29, 0.717) is 6.42 Å². The highest BCUT2D eigenvalue weighted by molar-refractivity contribution is 7.89. The molecule has 2 aliphatic heterocycles. The zero-order valence-corrected chi connectivity index (χ0v) is 12.9. The molecule has 1 aromatic carbocycles. The first-order valence-electron chi connectivity index (χ1n) is 6.87. The highest BCUT2D eigenvalue weighted by Gasteiger charge is 2.53. The second-order valence-electron chi connectivity index (χ2n) is 5.87. The van der Waals surface area contributed by atoms with Crippen LogP contribution in [-0.4, -0.2) is 49.5 Å². The van der Waals surface area contributed by atoms with E-state index >= 15 is 0 Å². The summed E-state index contributed by atoms with van der Waals surface area (Å²) < 4.78 is 26.5. The molecule has 0 aromatic heterocycles. The van der Waals surface area contributed by atoms with E-state index in [1.165, 1.54) is 6.92 Å². The van der Waals surface area contributed by atoms with Gasteiger partial charge in [0.05, 0.1) is 4.90 Å². The van der Waals surface area contributed by atoms with Crippen LogP contribution in [0.5, 0.6) is 0 Å². The summed E-state index contributed by atoms with van der Waals surface area (Å²) in [6.07, 6.45) is 1.25. The van der Waals surface area contributed by atoms with E-state index in [-0.39, 0.29) is 11.4 Å². The average molecular weight is 310 g/mol. The van der Waals surface area contributed by atoms with Crippen LogP contribution in [0.4, 0.5) is 5.69 Å². The fourth-order valence-corrected chi connectivity index (χ4v) is 4.73. The van der Waals surface area contributed by atoms with Crippen LogP contribution in [0.15, 0.2) is 23.1 Å². The van der Waals surface area contributed by atoms with Crippen molar-refractivity contribution in [1.29, 1.82) is 0 Å². The predicted molar refractivity (Wildman–Crippen MR) is 78.0 cm³/mol. The Hall–Kier alpha value is -1.60. The van der Waals surface area contributed by atoms with Gasteiger partial charge in [0.2, 0.25) is 10.0 Å². The van der Waals surface area contributed by atoms with Gasteiger partial charge in [0.25, 0.3) is 0 Å². The van der Waals surface area contributed by atoms with Crippen LogP contribution in [0.25, 0.3) is 0 Å². The minimum absolute atomic E-state index is 0.169. The minimum Gasteiger partial charge on any atom is -0.480 e. The summed E-state index contributed by atoms with van der Waals surface area (Å²) in [5.74, 6) is -1.10. The largest absolute Gasteiger partial charge is 0.480 e. The normalized spacial score (nSPS) is 25.5. The third kappa shape index (κ3) is 1.95. The summed E-state index contributed by atoms with van der Waals surface area (Å²) in [7, 11) is -1.85. The molecule has 1 aromatic rings. The Kier molecular flexibility index (Phi) is 3.04. The summed E-state index contributed by atoms with van der Waals surface area (Å²) >= 11 is 0. The van der Waals surface area contributed by atoms with E-state index < -0.39 is 21.5 Å². The van der Waals surface area contributed by atoms with Crippen molar-refractivity contribution >= 4 is 21.7 Å². The number of carboxylic acids is 1. The van der Waals surface area contributed by atoms with Crippen molar-refractivity contribution < 1.29 is 18.3 Å². The van der Waals surface area contributed by atoms with Crippen molar-refractivity contribution in [1.82, 2.24) is 4.31 Å². The van der Waals surface area contributed by atoms with Gasteiger partial charge in [0.15, 0.2) is 0 Å². The number of hydrogen-bond acceptors (Lipinski definition) is 4. The quantitative estimate of drug-likeness (QED) is 0.898. The lowest BCUT2D eigenvalue weighted by Gasteiger charge is -2.45. The van der Waals surface area contributed by atoms with Gasteiger partial charge in [0, 0.05) is 25.8 Å². The van der Waals surface area contributed by atoms with Crippen LogP contribution in [0.3, 0.4) is 0 Å². The first-order chi connectivity index (χ1) is 9.76. The van der Waals surface area contributed by atoms with Gasteiger partial charge in [-0.25, -0.2) is 8.42 Å². The minimum atomic E-state index is -3.77. The van der Waals surface area contributed by atoms with E-state index in [2.05, 4.69) is 0 Å². The Balaban J connectivity index is 2.01. The van der Waals surface area contributed by atoms with E-state index in [0.717, 1.165) is 28.5 Å². The topological polar surface area (TPSA) is 77.9 Å². The summed E-state index contributed by atoms with van der Waals surface area (Å²) in [6, 6.07) is 5.05. The maximum atomic E-state index is 12.7. The van der Waals surface area contributed by atoms with Crippen LogP contribution >= 0.6 is 0 Å². The van der Waals surface area contributed by atoms with Crippen LogP contribution in [0.1, 0.15) is 18.9 Å².